The number of likely N-dealkylation sites (tertiary alicyclic amines) is 1. The summed E-state index contributed by atoms with van der Waals surface area (Å²) >= 11 is 0. The van der Waals surface area contributed by atoms with Gasteiger partial charge in [-0.3, -0.25) is 10.1 Å². The third-order valence-electron chi connectivity index (χ3n) is 3.80. The monoisotopic (exact) mass is 336 g/mol. The van der Waals surface area contributed by atoms with Crippen LogP contribution < -0.4 is 4.90 Å². The Morgan fingerprint density at radius 1 is 1.50 bits per heavy atom. The van der Waals surface area contributed by atoms with Crippen molar-refractivity contribution < 1.29 is 14.5 Å². The van der Waals surface area contributed by atoms with Crippen LogP contribution in [0.25, 0.3) is 0 Å². The molecule has 1 unspecified atom stereocenters. The first kappa shape index (κ1) is 18.0. The Bertz CT molecular complexity index is 597. The molecule has 1 saturated heterocycles. The number of carbonyl (C=O) groups excluding carboxylic acids is 1. The number of carbonyl (C=O) groups is 1. The molecule has 0 aliphatic carbocycles. The Morgan fingerprint density at radius 3 is 2.75 bits per heavy atom. The van der Waals surface area contributed by atoms with Crippen molar-refractivity contribution in [3.63, 3.8) is 0 Å². The highest BCUT2D eigenvalue weighted by atomic mass is 16.6. The molecule has 0 N–H and O–H groups in total. The molecule has 2 rings (SSSR count). The number of nitrogens with zero attached hydrogens (tertiary/aromatic N) is 4. The summed E-state index contributed by atoms with van der Waals surface area (Å²) in [5.74, 6) is 0.996. The van der Waals surface area contributed by atoms with Gasteiger partial charge >= 0.3 is 6.09 Å². The van der Waals surface area contributed by atoms with E-state index in [4.69, 9.17) is 4.74 Å². The first-order valence-corrected chi connectivity index (χ1v) is 7.95. The topological polar surface area (TPSA) is 88.8 Å². The molecule has 2 heterocycles. The molecule has 24 heavy (non-hydrogen) atoms. The summed E-state index contributed by atoms with van der Waals surface area (Å²) in [7, 11) is 1.89. The Labute approximate surface area is 141 Å². The molecular formula is C16H24N4O4. The van der Waals surface area contributed by atoms with Gasteiger partial charge in [-0.2, -0.15) is 0 Å². The third-order valence-corrected chi connectivity index (χ3v) is 3.80. The number of rotatable bonds is 4. The Morgan fingerprint density at radius 2 is 2.21 bits per heavy atom. The lowest BCUT2D eigenvalue weighted by molar-refractivity contribution is -0.385. The second-order valence-corrected chi connectivity index (χ2v) is 7.09. The fourth-order valence-corrected chi connectivity index (χ4v) is 2.67. The zero-order valence-corrected chi connectivity index (χ0v) is 14.6. The molecule has 132 valence electrons. The highest BCUT2D eigenvalue weighted by molar-refractivity contribution is 5.68. The van der Waals surface area contributed by atoms with Crippen molar-refractivity contribution in [2.24, 2.45) is 5.92 Å². The maximum atomic E-state index is 12.1. The molecule has 1 aliphatic rings. The van der Waals surface area contributed by atoms with E-state index >= 15 is 0 Å². The maximum absolute atomic E-state index is 12.1. The van der Waals surface area contributed by atoms with Crippen LogP contribution in [0, 0.1) is 16.0 Å². The minimum Gasteiger partial charge on any atom is -0.444 e. The quantitative estimate of drug-likeness (QED) is 0.620. The molecule has 1 fully saturated rings. The van der Waals surface area contributed by atoms with Gasteiger partial charge in [-0.15, -0.1) is 0 Å². The molecule has 8 nitrogen and oxygen atoms in total. The van der Waals surface area contributed by atoms with Gasteiger partial charge in [-0.1, -0.05) is 0 Å². The van der Waals surface area contributed by atoms with E-state index < -0.39 is 10.5 Å². The van der Waals surface area contributed by atoms with E-state index in [0.717, 1.165) is 13.0 Å². The van der Waals surface area contributed by atoms with Gasteiger partial charge in [0.05, 0.1) is 4.92 Å². The average Bonchev–Trinajstić information content (AvgIpc) is 2.94. The normalized spacial score (nSPS) is 17.7. The number of hydrogen-bond donors (Lipinski definition) is 0. The molecule has 1 amide bonds. The van der Waals surface area contributed by atoms with Gasteiger partial charge in [0.2, 0.25) is 0 Å². The van der Waals surface area contributed by atoms with Crippen LogP contribution >= 0.6 is 0 Å². The van der Waals surface area contributed by atoms with E-state index in [1.165, 1.54) is 12.3 Å². The van der Waals surface area contributed by atoms with Gasteiger partial charge in [-0.05, 0) is 39.2 Å². The number of pyridine rings is 1. The molecule has 0 radical (unpaired) electrons. The largest absolute Gasteiger partial charge is 0.444 e. The summed E-state index contributed by atoms with van der Waals surface area (Å²) in [6.45, 7) is 7.61. The second-order valence-electron chi connectivity index (χ2n) is 7.09. The van der Waals surface area contributed by atoms with Gasteiger partial charge in [0, 0.05) is 32.7 Å². The van der Waals surface area contributed by atoms with Crippen molar-refractivity contribution in [3.8, 4) is 0 Å². The highest BCUT2D eigenvalue weighted by Crippen LogP contribution is 2.22. The second kappa shape index (κ2) is 7.02. The highest BCUT2D eigenvalue weighted by Gasteiger charge is 2.30. The lowest BCUT2D eigenvalue weighted by atomic mass is 10.1. The molecule has 1 aromatic rings. The van der Waals surface area contributed by atoms with Gasteiger partial charge in [0.25, 0.3) is 5.69 Å². The number of nitro groups is 1. The molecular weight excluding hydrogens is 312 g/mol. The van der Waals surface area contributed by atoms with E-state index in [2.05, 4.69) is 4.98 Å². The maximum Gasteiger partial charge on any atom is 0.410 e. The van der Waals surface area contributed by atoms with Crippen molar-refractivity contribution in [2.75, 3.05) is 31.6 Å². The molecule has 0 saturated carbocycles. The zero-order chi connectivity index (χ0) is 17.9. The van der Waals surface area contributed by atoms with E-state index in [-0.39, 0.29) is 11.8 Å². The van der Waals surface area contributed by atoms with E-state index in [1.807, 2.05) is 32.7 Å². The fraction of sp³-hybridized carbons (Fsp3) is 0.625. The SMILES string of the molecule is CN(CC1CCN(C(=O)OC(C)(C)C)C1)c1ccc([N+](=O)[O-])cn1. The Kier molecular flexibility index (Phi) is 5.26. The van der Waals surface area contributed by atoms with Crippen LogP contribution in [0.5, 0.6) is 0 Å². The summed E-state index contributed by atoms with van der Waals surface area (Å²) in [5, 5.41) is 10.7. The summed E-state index contributed by atoms with van der Waals surface area (Å²) < 4.78 is 5.39. The third kappa shape index (κ3) is 4.81. The number of aromatic nitrogens is 1. The Hall–Kier alpha value is -2.38. The lowest BCUT2D eigenvalue weighted by Gasteiger charge is -2.25. The minimum atomic E-state index is -0.491. The van der Waals surface area contributed by atoms with Crippen LogP contribution in [0.2, 0.25) is 0 Å². The standard InChI is InChI=1S/C16H24N4O4/c1-16(2,3)24-15(21)19-8-7-12(11-19)10-18(4)14-6-5-13(9-17-14)20(22)23/h5-6,9,12H,7-8,10-11H2,1-4H3. The van der Waals surface area contributed by atoms with Crippen LogP contribution in [0.1, 0.15) is 27.2 Å². The number of anilines is 1. The van der Waals surface area contributed by atoms with E-state index in [9.17, 15) is 14.9 Å². The van der Waals surface area contributed by atoms with Gasteiger partial charge in [0.15, 0.2) is 0 Å². The number of amides is 1. The van der Waals surface area contributed by atoms with Gasteiger partial charge in [0.1, 0.15) is 17.6 Å². The van der Waals surface area contributed by atoms with Crippen LogP contribution in [-0.2, 0) is 4.74 Å². The van der Waals surface area contributed by atoms with Crippen LogP contribution in [-0.4, -0.2) is 53.2 Å². The first-order valence-electron chi connectivity index (χ1n) is 7.95. The van der Waals surface area contributed by atoms with Gasteiger partial charge < -0.3 is 14.5 Å². The zero-order valence-electron chi connectivity index (χ0n) is 14.6. The number of ether oxygens (including phenoxy) is 1. The van der Waals surface area contributed by atoms with E-state index in [1.54, 1.807) is 11.0 Å². The minimum absolute atomic E-state index is 0.0240. The van der Waals surface area contributed by atoms with Crippen LogP contribution in [0.3, 0.4) is 0 Å². The predicted octanol–water partition coefficient (Wildman–Crippen LogP) is 2.68. The summed E-state index contributed by atoms with van der Waals surface area (Å²) in [6.07, 6.45) is 1.88. The molecule has 0 aromatic carbocycles. The lowest BCUT2D eigenvalue weighted by Crippen LogP contribution is -2.36. The van der Waals surface area contributed by atoms with Gasteiger partial charge in [-0.25, -0.2) is 9.78 Å². The van der Waals surface area contributed by atoms with Crippen molar-refractivity contribution in [1.82, 2.24) is 9.88 Å². The summed E-state index contributed by atoms with van der Waals surface area (Å²) in [4.78, 5) is 30.1. The molecule has 1 aromatic heterocycles. The van der Waals surface area contributed by atoms with E-state index in [0.29, 0.717) is 24.8 Å². The molecule has 0 bridgehead atoms. The molecule has 0 spiro atoms. The first-order chi connectivity index (χ1) is 11.2. The van der Waals surface area contributed by atoms with Crippen molar-refractivity contribution in [3.05, 3.63) is 28.4 Å². The molecule has 1 atom stereocenters. The molecule has 8 heteroatoms. The van der Waals surface area contributed by atoms with Crippen molar-refractivity contribution >= 4 is 17.6 Å². The summed E-state index contributed by atoms with van der Waals surface area (Å²) in [5.41, 5.74) is -0.515. The summed E-state index contributed by atoms with van der Waals surface area (Å²) in [6, 6.07) is 3.08. The van der Waals surface area contributed by atoms with Crippen LogP contribution in [0.4, 0.5) is 16.3 Å². The number of hydrogen-bond acceptors (Lipinski definition) is 6. The Balaban J connectivity index is 1.88. The fourth-order valence-electron chi connectivity index (χ4n) is 2.67. The smallest absolute Gasteiger partial charge is 0.410 e. The van der Waals surface area contributed by atoms with Crippen LogP contribution in [0.15, 0.2) is 18.3 Å². The van der Waals surface area contributed by atoms with Crippen molar-refractivity contribution in [1.29, 1.82) is 0 Å². The van der Waals surface area contributed by atoms with Crippen molar-refractivity contribution in [2.45, 2.75) is 32.8 Å². The average molecular weight is 336 g/mol. The molecule has 1 aliphatic heterocycles. The predicted molar refractivity (Wildman–Crippen MR) is 90.1 cm³/mol.